The number of benzene rings is 1. The van der Waals surface area contributed by atoms with E-state index in [2.05, 4.69) is 22.4 Å². The zero-order valence-electron chi connectivity index (χ0n) is 16.3. The summed E-state index contributed by atoms with van der Waals surface area (Å²) in [6.45, 7) is 1.97. The summed E-state index contributed by atoms with van der Waals surface area (Å²) in [7, 11) is 0. The predicted octanol–water partition coefficient (Wildman–Crippen LogP) is 5.66. The fraction of sp³-hybridized carbons (Fsp3) is 0.364. The van der Waals surface area contributed by atoms with E-state index in [1.54, 1.807) is 16.8 Å². The molecular weight excluding hydrogens is 472 g/mol. The number of hydrogen-bond donors (Lipinski definition) is 1. The first-order chi connectivity index (χ1) is 14.0. The molecule has 29 heavy (non-hydrogen) atoms. The summed E-state index contributed by atoms with van der Waals surface area (Å²) in [6, 6.07) is 9.73. The van der Waals surface area contributed by atoms with Crippen LogP contribution in [0.3, 0.4) is 0 Å². The number of aromatic nitrogens is 2. The molecule has 0 aliphatic heterocycles. The molecule has 0 atom stereocenters. The van der Waals surface area contributed by atoms with Crippen LogP contribution in [0, 0.1) is 6.92 Å². The second-order valence-corrected chi connectivity index (χ2v) is 10.3. The Labute approximate surface area is 187 Å². The first kappa shape index (κ1) is 20.7. The SMILES string of the molecule is Cc1c(C(=O)NC2CCCCCC2)nn(-c2ccc(Cl)cc2Cl)c1-c1ccc[se]1. The molecule has 3 aromatic rings. The monoisotopic (exact) mass is 495 g/mol. The van der Waals surface area contributed by atoms with Crippen LogP contribution < -0.4 is 5.32 Å². The minimum absolute atomic E-state index is 0.0986. The Hall–Kier alpha value is -1.52. The molecule has 0 spiro atoms. The van der Waals surface area contributed by atoms with E-state index in [0.717, 1.165) is 29.8 Å². The van der Waals surface area contributed by atoms with Crippen LogP contribution in [0.4, 0.5) is 0 Å². The molecule has 1 amide bonds. The van der Waals surface area contributed by atoms with Crippen LogP contribution in [0.5, 0.6) is 0 Å². The first-order valence-corrected chi connectivity index (χ1v) is 12.5. The van der Waals surface area contributed by atoms with Crippen LogP contribution in [-0.2, 0) is 0 Å². The molecule has 4 rings (SSSR count). The zero-order chi connectivity index (χ0) is 20.4. The summed E-state index contributed by atoms with van der Waals surface area (Å²) in [6.07, 6.45) is 6.93. The van der Waals surface area contributed by atoms with Crippen molar-refractivity contribution in [2.24, 2.45) is 0 Å². The molecular formula is C22H23Cl2N3OSe. The van der Waals surface area contributed by atoms with Gasteiger partial charge in [-0.3, -0.25) is 0 Å². The number of carbonyl (C=O) groups is 1. The van der Waals surface area contributed by atoms with Crippen molar-refractivity contribution in [1.29, 1.82) is 0 Å². The molecule has 152 valence electrons. The van der Waals surface area contributed by atoms with E-state index in [1.165, 1.54) is 30.1 Å². The van der Waals surface area contributed by atoms with Crippen molar-refractivity contribution < 1.29 is 4.79 Å². The van der Waals surface area contributed by atoms with Crippen molar-refractivity contribution in [3.63, 3.8) is 0 Å². The molecule has 0 radical (unpaired) electrons. The van der Waals surface area contributed by atoms with E-state index < -0.39 is 0 Å². The van der Waals surface area contributed by atoms with Gasteiger partial charge in [0.25, 0.3) is 0 Å². The summed E-state index contributed by atoms with van der Waals surface area (Å²) in [5, 5.41) is 9.03. The normalized spacial score (nSPS) is 15.3. The molecule has 4 nitrogen and oxygen atoms in total. The van der Waals surface area contributed by atoms with E-state index in [1.807, 2.05) is 13.0 Å². The second kappa shape index (κ2) is 9.09. The molecule has 1 aliphatic carbocycles. The fourth-order valence-corrected chi connectivity index (χ4v) is 6.11. The number of rotatable bonds is 4. The van der Waals surface area contributed by atoms with Crippen LogP contribution in [0.15, 0.2) is 35.3 Å². The average molecular weight is 495 g/mol. The number of amides is 1. The van der Waals surface area contributed by atoms with Gasteiger partial charge in [0, 0.05) is 0 Å². The molecule has 1 aliphatic rings. The van der Waals surface area contributed by atoms with Gasteiger partial charge in [0.2, 0.25) is 0 Å². The Morgan fingerprint density at radius 3 is 2.59 bits per heavy atom. The maximum absolute atomic E-state index is 13.1. The molecule has 0 unspecified atom stereocenters. The Bertz CT molecular complexity index is 1010. The van der Waals surface area contributed by atoms with E-state index in [9.17, 15) is 4.79 Å². The van der Waals surface area contributed by atoms with E-state index in [4.69, 9.17) is 28.3 Å². The van der Waals surface area contributed by atoms with Crippen molar-refractivity contribution >= 4 is 43.6 Å². The van der Waals surface area contributed by atoms with E-state index >= 15 is 0 Å². The number of carbonyl (C=O) groups excluding carboxylic acids is 1. The van der Waals surface area contributed by atoms with Crippen LogP contribution in [0.25, 0.3) is 15.8 Å². The van der Waals surface area contributed by atoms with Gasteiger partial charge in [-0.15, -0.1) is 0 Å². The fourth-order valence-electron chi connectivity index (χ4n) is 3.92. The second-order valence-electron chi connectivity index (χ2n) is 7.47. The Balaban J connectivity index is 1.74. The molecule has 0 bridgehead atoms. The molecule has 0 saturated heterocycles. The van der Waals surface area contributed by atoms with Crippen molar-refractivity contribution in [2.75, 3.05) is 0 Å². The Morgan fingerprint density at radius 1 is 1.17 bits per heavy atom. The summed E-state index contributed by atoms with van der Waals surface area (Å²) in [4.78, 5) is 15.3. The average Bonchev–Trinajstić information content (AvgIpc) is 3.24. The quantitative estimate of drug-likeness (QED) is 0.375. The third-order valence-electron chi connectivity index (χ3n) is 5.42. The minimum atomic E-state index is -0.0986. The maximum atomic E-state index is 13.1. The molecule has 2 aromatic heterocycles. The van der Waals surface area contributed by atoms with Gasteiger partial charge >= 0.3 is 187 Å². The van der Waals surface area contributed by atoms with Gasteiger partial charge in [0.1, 0.15) is 0 Å². The number of halogens is 2. The molecule has 7 heteroatoms. The molecule has 1 aromatic carbocycles. The van der Waals surface area contributed by atoms with Gasteiger partial charge in [0.05, 0.1) is 0 Å². The van der Waals surface area contributed by atoms with Crippen molar-refractivity contribution in [3.05, 3.63) is 56.6 Å². The summed E-state index contributed by atoms with van der Waals surface area (Å²) in [5.74, 6) is -0.0986. The van der Waals surface area contributed by atoms with Gasteiger partial charge < -0.3 is 0 Å². The Morgan fingerprint density at radius 2 is 1.93 bits per heavy atom. The van der Waals surface area contributed by atoms with Crippen LogP contribution in [-0.4, -0.2) is 36.2 Å². The van der Waals surface area contributed by atoms with Gasteiger partial charge in [-0.05, 0) is 0 Å². The Kier molecular flexibility index (Phi) is 6.50. The first-order valence-electron chi connectivity index (χ1n) is 9.94. The van der Waals surface area contributed by atoms with Crippen molar-refractivity contribution in [1.82, 2.24) is 15.1 Å². The van der Waals surface area contributed by atoms with Crippen LogP contribution in [0.1, 0.15) is 54.6 Å². The number of hydrogen-bond acceptors (Lipinski definition) is 2. The van der Waals surface area contributed by atoms with Crippen LogP contribution in [0.2, 0.25) is 10.0 Å². The predicted molar refractivity (Wildman–Crippen MR) is 120 cm³/mol. The van der Waals surface area contributed by atoms with Gasteiger partial charge in [0.15, 0.2) is 0 Å². The van der Waals surface area contributed by atoms with E-state index in [0.29, 0.717) is 15.7 Å². The van der Waals surface area contributed by atoms with Gasteiger partial charge in [-0.25, -0.2) is 0 Å². The van der Waals surface area contributed by atoms with E-state index in [-0.39, 0.29) is 26.5 Å². The summed E-state index contributed by atoms with van der Waals surface area (Å²) in [5.41, 5.74) is 3.04. The molecule has 1 N–H and O–H groups in total. The zero-order valence-corrected chi connectivity index (χ0v) is 19.5. The topological polar surface area (TPSA) is 46.9 Å². The molecule has 2 heterocycles. The van der Waals surface area contributed by atoms with Gasteiger partial charge in [-0.1, -0.05) is 0 Å². The van der Waals surface area contributed by atoms with Gasteiger partial charge in [-0.2, -0.15) is 0 Å². The van der Waals surface area contributed by atoms with Crippen molar-refractivity contribution in [3.8, 4) is 15.8 Å². The van der Waals surface area contributed by atoms with Crippen LogP contribution >= 0.6 is 23.2 Å². The summed E-state index contributed by atoms with van der Waals surface area (Å²) < 4.78 is 2.98. The summed E-state index contributed by atoms with van der Waals surface area (Å²) >= 11 is 12.8. The molecule has 1 fully saturated rings. The number of nitrogens with zero attached hydrogens (tertiary/aromatic N) is 2. The number of nitrogens with one attached hydrogen (secondary N) is 1. The third-order valence-corrected chi connectivity index (χ3v) is 7.80. The molecule has 1 saturated carbocycles. The van der Waals surface area contributed by atoms with Crippen molar-refractivity contribution in [2.45, 2.75) is 51.5 Å². The third kappa shape index (κ3) is 4.49. The standard InChI is InChI=1S/C22H23Cl2N3OSe/c1-14-20(22(28)25-16-7-4-2-3-5-8-16)26-27(21(14)19-9-6-12-29-19)18-11-10-15(23)13-17(18)24/h6,9-13,16H,2-5,7-8H2,1H3,(H,25,28).